The molecule has 2 heterocycles. The summed E-state index contributed by atoms with van der Waals surface area (Å²) in [6.45, 7) is 4.61. The lowest BCUT2D eigenvalue weighted by Gasteiger charge is -2.37. The molecule has 22 heavy (non-hydrogen) atoms. The zero-order valence-corrected chi connectivity index (χ0v) is 13.3. The van der Waals surface area contributed by atoms with Crippen LogP contribution >= 0.6 is 11.6 Å². The van der Waals surface area contributed by atoms with Crippen molar-refractivity contribution in [2.24, 2.45) is 0 Å². The fourth-order valence-corrected chi connectivity index (χ4v) is 3.05. The van der Waals surface area contributed by atoms with Crippen LogP contribution in [0.5, 0.6) is 0 Å². The van der Waals surface area contributed by atoms with E-state index in [0.717, 1.165) is 38.3 Å². The normalized spacial score (nSPS) is 22.4. The predicted octanol–water partition coefficient (Wildman–Crippen LogP) is 1.19. The number of benzene rings is 1. The minimum Gasteiger partial charge on any atom is -0.375 e. The molecule has 2 aliphatic heterocycles. The van der Waals surface area contributed by atoms with Gasteiger partial charge in [-0.25, -0.2) is 0 Å². The SMILES string of the molecule is O=C(CCOC1CNC1)N1CCNCC1c1cccc(Cl)c1. The number of amides is 1. The Morgan fingerprint density at radius 1 is 1.32 bits per heavy atom. The van der Waals surface area contributed by atoms with Crippen LogP contribution in [-0.4, -0.2) is 56.2 Å². The number of nitrogens with zero attached hydrogens (tertiary/aromatic N) is 1. The lowest BCUT2D eigenvalue weighted by atomic mass is 10.0. The number of hydrogen-bond donors (Lipinski definition) is 2. The molecule has 0 aromatic heterocycles. The number of carbonyl (C=O) groups excluding carboxylic acids is 1. The van der Waals surface area contributed by atoms with Gasteiger partial charge in [0.25, 0.3) is 0 Å². The zero-order chi connectivity index (χ0) is 15.4. The summed E-state index contributed by atoms with van der Waals surface area (Å²) < 4.78 is 5.65. The molecule has 1 atom stereocenters. The number of rotatable bonds is 5. The van der Waals surface area contributed by atoms with Crippen molar-refractivity contribution in [1.82, 2.24) is 15.5 Å². The zero-order valence-electron chi connectivity index (χ0n) is 12.6. The number of ether oxygens (including phenoxy) is 1. The third-order valence-corrected chi connectivity index (χ3v) is 4.45. The van der Waals surface area contributed by atoms with Crippen LogP contribution in [0.15, 0.2) is 24.3 Å². The summed E-state index contributed by atoms with van der Waals surface area (Å²) >= 11 is 6.08. The van der Waals surface area contributed by atoms with Crippen LogP contribution in [0.1, 0.15) is 18.0 Å². The Kier molecular flexibility index (Phi) is 5.31. The average Bonchev–Trinajstić information content (AvgIpc) is 2.49. The van der Waals surface area contributed by atoms with Gasteiger partial charge >= 0.3 is 0 Å². The molecule has 120 valence electrons. The summed E-state index contributed by atoms with van der Waals surface area (Å²) in [4.78, 5) is 14.5. The van der Waals surface area contributed by atoms with Gasteiger partial charge in [0.15, 0.2) is 0 Å². The molecule has 6 heteroatoms. The largest absolute Gasteiger partial charge is 0.375 e. The monoisotopic (exact) mass is 323 g/mol. The van der Waals surface area contributed by atoms with E-state index in [9.17, 15) is 4.79 Å². The molecule has 2 aliphatic rings. The second kappa shape index (κ2) is 7.42. The van der Waals surface area contributed by atoms with Gasteiger partial charge < -0.3 is 20.3 Å². The van der Waals surface area contributed by atoms with Gasteiger partial charge in [0, 0.05) is 37.7 Å². The predicted molar refractivity (Wildman–Crippen MR) is 86.0 cm³/mol. The van der Waals surface area contributed by atoms with Crippen molar-refractivity contribution in [2.45, 2.75) is 18.6 Å². The molecule has 1 aromatic rings. The Labute approximate surface area is 136 Å². The standard InChI is InChI=1S/C16H22ClN3O2/c17-13-3-1-2-12(8-13)15-11-18-5-6-20(15)16(21)4-7-22-14-9-19-10-14/h1-3,8,14-15,18-19H,4-7,9-11H2. The lowest BCUT2D eigenvalue weighted by Crippen LogP contribution is -2.50. The molecule has 2 N–H and O–H groups in total. The fraction of sp³-hybridized carbons (Fsp3) is 0.562. The van der Waals surface area contributed by atoms with Crippen molar-refractivity contribution < 1.29 is 9.53 Å². The molecule has 1 aromatic carbocycles. The highest BCUT2D eigenvalue weighted by atomic mass is 35.5. The minimum atomic E-state index is 0.0466. The third-order valence-electron chi connectivity index (χ3n) is 4.21. The maximum Gasteiger partial charge on any atom is 0.225 e. The van der Waals surface area contributed by atoms with Gasteiger partial charge in [-0.1, -0.05) is 23.7 Å². The molecule has 0 radical (unpaired) electrons. The summed E-state index contributed by atoms with van der Waals surface area (Å²) in [5.74, 6) is 0.152. The first kappa shape index (κ1) is 15.7. The van der Waals surface area contributed by atoms with Gasteiger partial charge in [-0.05, 0) is 17.7 Å². The Bertz CT molecular complexity index is 522. The first-order chi connectivity index (χ1) is 10.7. The van der Waals surface area contributed by atoms with Crippen LogP contribution in [0.2, 0.25) is 5.02 Å². The fourth-order valence-electron chi connectivity index (χ4n) is 2.85. The van der Waals surface area contributed by atoms with E-state index < -0.39 is 0 Å². The summed E-state index contributed by atoms with van der Waals surface area (Å²) in [5, 5.41) is 7.21. The summed E-state index contributed by atoms with van der Waals surface area (Å²) in [7, 11) is 0. The molecule has 5 nitrogen and oxygen atoms in total. The van der Waals surface area contributed by atoms with Gasteiger partial charge in [0.05, 0.1) is 25.2 Å². The molecule has 2 saturated heterocycles. The summed E-state index contributed by atoms with van der Waals surface area (Å²) in [6.07, 6.45) is 0.715. The van der Waals surface area contributed by atoms with E-state index in [-0.39, 0.29) is 18.1 Å². The highest BCUT2D eigenvalue weighted by Crippen LogP contribution is 2.25. The molecular weight excluding hydrogens is 302 g/mol. The van der Waals surface area contributed by atoms with Crippen LogP contribution in [0.3, 0.4) is 0 Å². The van der Waals surface area contributed by atoms with Crippen molar-refractivity contribution >= 4 is 17.5 Å². The quantitative estimate of drug-likeness (QED) is 0.855. The molecule has 0 bridgehead atoms. The van der Waals surface area contributed by atoms with Gasteiger partial charge in [0.1, 0.15) is 0 Å². The summed E-state index contributed by atoms with van der Waals surface area (Å²) in [5.41, 5.74) is 1.08. The van der Waals surface area contributed by atoms with E-state index in [1.54, 1.807) is 0 Å². The highest BCUT2D eigenvalue weighted by Gasteiger charge is 2.28. The number of nitrogens with one attached hydrogen (secondary N) is 2. The summed E-state index contributed by atoms with van der Waals surface area (Å²) in [6, 6.07) is 7.80. The van der Waals surface area contributed by atoms with E-state index in [4.69, 9.17) is 16.3 Å². The second-order valence-corrected chi connectivity index (χ2v) is 6.20. The van der Waals surface area contributed by atoms with Crippen LogP contribution in [-0.2, 0) is 9.53 Å². The van der Waals surface area contributed by atoms with E-state index in [1.807, 2.05) is 29.2 Å². The van der Waals surface area contributed by atoms with Crippen LogP contribution in [0, 0.1) is 0 Å². The molecule has 2 fully saturated rings. The molecule has 0 saturated carbocycles. The average molecular weight is 324 g/mol. The van der Waals surface area contributed by atoms with Gasteiger partial charge in [-0.3, -0.25) is 4.79 Å². The van der Waals surface area contributed by atoms with E-state index in [2.05, 4.69) is 10.6 Å². The topological polar surface area (TPSA) is 53.6 Å². The maximum atomic E-state index is 12.5. The maximum absolute atomic E-state index is 12.5. The highest BCUT2D eigenvalue weighted by molar-refractivity contribution is 6.30. The molecule has 0 aliphatic carbocycles. The van der Waals surface area contributed by atoms with Crippen LogP contribution in [0.4, 0.5) is 0 Å². The molecule has 0 spiro atoms. The number of piperazine rings is 1. The van der Waals surface area contributed by atoms with Crippen molar-refractivity contribution in [3.05, 3.63) is 34.9 Å². The Balaban J connectivity index is 1.60. The smallest absolute Gasteiger partial charge is 0.225 e. The molecule has 3 rings (SSSR count). The Morgan fingerprint density at radius 3 is 2.91 bits per heavy atom. The van der Waals surface area contributed by atoms with Gasteiger partial charge in [-0.2, -0.15) is 0 Å². The van der Waals surface area contributed by atoms with Crippen LogP contribution in [0.25, 0.3) is 0 Å². The van der Waals surface area contributed by atoms with Gasteiger partial charge in [-0.15, -0.1) is 0 Å². The van der Waals surface area contributed by atoms with Gasteiger partial charge in [0.2, 0.25) is 5.91 Å². The first-order valence-corrected chi connectivity index (χ1v) is 8.20. The van der Waals surface area contributed by atoms with E-state index >= 15 is 0 Å². The number of hydrogen-bond acceptors (Lipinski definition) is 4. The van der Waals surface area contributed by atoms with Crippen LogP contribution < -0.4 is 10.6 Å². The molecule has 1 amide bonds. The Morgan fingerprint density at radius 2 is 2.18 bits per heavy atom. The van der Waals surface area contributed by atoms with E-state index in [0.29, 0.717) is 18.1 Å². The number of carbonyl (C=O) groups is 1. The number of halogens is 1. The first-order valence-electron chi connectivity index (χ1n) is 7.82. The lowest BCUT2D eigenvalue weighted by molar-refractivity contribution is -0.136. The van der Waals surface area contributed by atoms with E-state index in [1.165, 1.54) is 0 Å². The Hall–Kier alpha value is -1.14. The van der Waals surface area contributed by atoms with Crippen molar-refractivity contribution in [1.29, 1.82) is 0 Å². The van der Waals surface area contributed by atoms with Crippen molar-refractivity contribution in [3.63, 3.8) is 0 Å². The molecule has 1 unspecified atom stereocenters. The third kappa shape index (κ3) is 3.79. The minimum absolute atomic E-state index is 0.0466. The second-order valence-electron chi connectivity index (χ2n) is 5.76. The van der Waals surface area contributed by atoms with Crippen molar-refractivity contribution in [3.8, 4) is 0 Å². The van der Waals surface area contributed by atoms with Crippen molar-refractivity contribution in [2.75, 3.05) is 39.3 Å². The molecular formula is C16H22ClN3O2.